The van der Waals surface area contributed by atoms with Gasteiger partial charge in [0, 0.05) is 6.42 Å². The van der Waals surface area contributed by atoms with E-state index in [9.17, 15) is 4.79 Å². The Kier molecular flexibility index (Phi) is 3.02. The minimum atomic E-state index is 0.762. The molecule has 1 heteroatoms. The third-order valence-electron chi connectivity index (χ3n) is 3.85. The maximum atomic E-state index is 10.6. The fourth-order valence-corrected chi connectivity index (χ4v) is 2.97. The molecule has 0 aromatic rings. The molecular formula is C12H20O. The van der Waals surface area contributed by atoms with Crippen molar-refractivity contribution in [1.82, 2.24) is 0 Å². The van der Waals surface area contributed by atoms with Crippen LogP contribution in [0.1, 0.15) is 51.4 Å². The van der Waals surface area contributed by atoms with E-state index in [2.05, 4.69) is 0 Å². The van der Waals surface area contributed by atoms with Crippen LogP contribution in [0.25, 0.3) is 0 Å². The first-order valence-electron chi connectivity index (χ1n) is 5.85. The summed E-state index contributed by atoms with van der Waals surface area (Å²) < 4.78 is 0. The molecule has 0 N–H and O–H groups in total. The van der Waals surface area contributed by atoms with Crippen LogP contribution in [-0.2, 0) is 4.79 Å². The lowest BCUT2D eigenvalue weighted by Crippen LogP contribution is -2.20. The minimum absolute atomic E-state index is 0.762. The summed E-state index contributed by atoms with van der Waals surface area (Å²) in [7, 11) is 0. The maximum absolute atomic E-state index is 10.6. The highest BCUT2D eigenvalue weighted by molar-refractivity contribution is 5.50. The van der Waals surface area contributed by atoms with Crippen LogP contribution in [-0.4, -0.2) is 6.29 Å². The van der Waals surface area contributed by atoms with Crippen LogP contribution in [0.3, 0.4) is 0 Å². The lowest BCUT2D eigenvalue weighted by atomic mass is 9.76. The van der Waals surface area contributed by atoms with E-state index in [0.717, 1.165) is 30.5 Å². The zero-order valence-electron chi connectivity index (χ0n) is 8.37. The molecule has 0 saturated heterocycles. The first kappa shape index (κ1) is 9.23. The number of carbonyl (C=O) groups excluding carboxylic acids is 1. The van der Waals surface area contributed by atoms with Gasteiger partial charge < -0.3 is 4.79 Å². The van der Waals surface area contributed by atoms with Gasteiger partial charge in [-0.15, -0.1) is 0 Å². The standard InChI is InChI=1S/C12H20O/c13-9-8-12(11-6-7-11)10-4-2-1-3-5-10/h9-12H,1-8H2. The van der Waals surface area contributed by atoms with Crippen LogP contribution < -0.4 is 0 Å². The molecule has 0 radical (unpaired) electrons. The fraction of sp³-hybridized carbons (Fsp3) is 0.917. The lowest BCUT2D eigenvalue weighted by Gasteiger charge is -2.29. The van der Waals surface area contributed by atoms with Crippen molar-refractivity contribution < 1.29 is 4.79 Å². The van der Waals surface area contributed by atoms with E-state index in [1.807, 2.05) is 0 Å². The van der Waals surface area contributed by atoms with Gasteiger partial charge in [0.15, 0.2) is 0 Å². The van der Waals surface area contributed by atoms with Crippen molar-refractivity contribution in [3.63, 3.8) is 0 Å². The Morgan fingerprint density at radius 2 is 1.62 bits per heavy atom. The molecule has 1 nitrogen and oxygen atoms in total. The highest BCUT2D eigenvalue weighted by Gasteiger charge is 2.36. The molecule has 0 amide bonds. The molecule has 1 unspecified atom stereocenters. The summed E-state index contributed by atoms with van der Waals surface area (Å²) in [6.45, 7) is 0. The fourth-order valence-electron chi connectivity index (χ4n) is 2.97. The van der Waals surface area contributed by atoms with Crippen LogP contribution in [0.5, 0.6) is 0 Å². The maximum Gasteiger partial charge on any atom is 0.120 e. The van der Waals surface area contributed by atoms with Gasteiger partial charge in [-0.05, 0) is 30.6 Å². The second-order valence-corrected chi connectivity index (χ2v) is 4.80. The molecule has 0 bridgehead atoms. The van der Waals surface area contributed by atoms with Gasteiger partial charge in [-0.2, -0.15) is 0 Å². The Balaban J connectivity index is 1.88. The molecule has 2 rings (SSSR count). The molecule has 2 saturated carbocycles. The molecule has 13 heavy (non-hydrogen) atoms. The van der Waals surface area contributed by atoms with Crippen molar-refractivity contribution in [3.8, 4) is 0 Å². The largest absolute Gasteiger partial charge is 0.303 e. The van der Waals surface area contributed by atoms with E-state index < -0.39 is 0 Å². The third kappa shape index (κ3) is 2.32. The number of carbonyl (C=O) groups is 1. The average molecular weight is 180 g/mol. The van der Waals surface area contributed by atoms with Gasteiger partial charge in [-0.1, -0.05) is 32.1 Å². The van der Waals surface area contributed by atoms with Gasteiger partial charge >= 0.3 is 0 Å². The smallest absolute Gasteiger partial charge is 0.120 e. The van der Waals surface area contributed by atoms with Crippen molar-refractivity contribution in [2.45, 2.75) is 51.4 Å². The predicted molar refractivity (Wildman–Crippen MR) is 53.5 cm³/mol. The summed E-state index contributed by atoms with van der Waals surface area (Å²) in [4.78, 5) is 10.6. The van der Waals surface area contributed by atoms with Crippen LogP contribution in [0.2, 0.25) is 0 Å². The normalized spacial score (nSPS) is 27.1. The molecule has 0 aromatic heterocycles. The van der Waals surface area contributed by atoms with Gasteiger partial charge in [-0.25, -0.2) is 0 Å². The summed E-state index contributed by atoms with van der Waals surface area (Å²) in [5.41, 5.74) is 0. The molecule has 2 fully saturated rings. The summed E-state index contributed by atoms with van der Waals surface area (Å²) in [5.74, 6) is 2.58. The van der Waals surface area contributed by atoms with Gasteiger partial charge in [0.1, 0.15) is 6.29 Å². The summed E-state index contributed by atoms with van der Waals surface area (Å²) in [6.07, 6.45) is 11.8. The van der Waals surface area contributed by atoms with Crippen LogP contribution in [0, 0.1) is 17.8 Å². The van der Waals surface area contributed by atoms with Crippen molar-refractivity contribution in [1.29, 1.82) is 0 Å². The van der Waals surface area contributed by atoms with Gasteiger partial charge in [0.05, 0.1) is 0 Å². The quantitative estimate of drug-likeness (QED) is 0.607. The molecule has 0 heterocycles. The van der Waals surface area contributed by atoms with E-state index in [1.165, 1.54) is 44.9 Å². The van der Waals surface area contributed by atoms with Crippen LogP contribution in [0.4, 0.5) is 0 Å². The monoisotopic (exact) mass is 180 g/mol. The summed E-state index contributed by atoms with van der Waals surface area (Å²) in [6, 6.07) is 0. The zero-order valence-corrected chi connectivity index (χ0v) is 8.37. The highest BCUT2D eigenvalue weighted by Crippen LogP contribution is 2.45. The molecule has 2 aliphatic carbocycles. The molecule has 2 aliphatic rings. The molecule has 74 valence electrons. The van der Waals surface area contributed by atoms with Gasteiger partial charge in [-0.3, -0.25) is 0 Å². The first-order valence-corrected chi connectivity index (χ1v) is 5.85. The average Bonchev–Trinajstić information content (AvgIpc) is 2.99. The summed E-state index contributed by atoms with van der Waals surface area (Å²) in [5, 5.41) is 0. The topological polar surface area (TPSA) is 17.1 Å². The van der Waals surface area contributed by atoms with Crippen LogP contribution in [0.15, 0.2) is 0 Å². The van der Waals surface area contributed by atoms with E-state index >= 15 is 0 Å². The number of rotatable bonds is 4. The third-order valence-corrected chi connectivity index (χ3v) is 3.85. The number of hydrogen-bond acceptors (Lipinski definition) is 1. The molecular weight excluding hydrogens is 160 g/mol. The Morgan fingerprint density at radius 1 is 1.00 bits per heavy atom. The Labute approximate surface area is 80.9 Å². The lowest BCUT2D eigenvalue weighted by molar-refractivity contribution is -0.109. The molecule has 0 spiro atoms. The second kappa shape index (κ2) is 4.26. The Bertz CT molecular complexity index is 166. The van der Waals surface area contributed by atoms with Gasteiger partial charge in [0.2, 0.25) is 0 Å². The zero-order chi connectivity index (χ0) is 9.10. The molecule has 1 atom stereocenters. The van der Waals surface area contributed by atoms with Crippen molar-refractivity contribution in [2.75, 3.05) is 0 Å². The Hall–Kier alpha value is -0.330. The van der Waals surface area contributed by atoms with Crippen molar-refractivity contribution in [3.05, 3.63) is 0 Å². The number of hydrogen-bond donors (Lipinski definition) is 0. The SMILES string of the molecule is O=CCC(C1CCCCC1)C1CC1. The van der Waals surface area contributed by atoms with Gasteiger partial charge in [0.25, 0.3) is 0 Å². The van der Waals surface area contributed by atoms with Crippen molar-refractivity contribution in [2.24, 2.45) is 17.8 Å². The van der Waals surface area contributed by atoms with E-state index in [-0.39, 0.29) is 0 Å². The van der Waals surface area contributed by atoms with E-state index in [4.69, 9.17) is 0 Å². The molecule has 0 aromatic carbocycles. The molecule has 0 aliphatic heterocycles. The predicted octanol–water partition coefficient (Wildman–Crippen LogP) is 3.18. The minimum Gasteiger partial charge on any atom is -0.303 e. The van der Waals surface area contributed by atoms with E-state index in [0.29, 0.717) is 0 Å². The van der Waals surface area contributed by atoms with Crippen LogP contribution >= 0.6 is 0 Å². The number of aldehydes is 1. The Morgan fingerprint density at radius 3 is 2.15 bits per heavy atom. The second-order valence-electron chi connectivity index (χ2n) is 4.80. The first-order chi connectivity index (χ1) is 6.42. The highest BCUT2D eigenvalue weighted by atomic mass is 16.1. The summed E-state index contributed by atoms with van der Waals surface area (Å²) >= 11 is 0. The van der Waals surface area contributed by atoms with Crippen molar-refractivity contribution >= 4 is 6.29 Å². The van der Waals surface area contributed by atoms with E-state index in [1.54, 1.807) is 0 Å².